The summed E-state index contributed by atoms with van der Waals surface area (Å²) in [5.74, 6) is -0.906. The van der Waals surface area contributed by atoms with Gasteiger partial charge in [0.15, 0.2) is 6.29 Å². The Bertz CT molecular complexity index is 1180. The number of H-pyrrole nitrogens is 1. The number of halogens is 1. The number of hydrogen-bond donors (Lipinski definition) is 2. The maximum atomic E-state index is 15.0. The molecule has 2 fully saturated rings. The number of piperazine rings is 1. The van der Waals surface area contributed by atoms with Crippen LogP contribution in [-0.2, 0) is 4.79 Å². The molecule has 1 saturated heterocycles. The Morgan fingerprint density at radius 1 is 1.26 bits per heavy atom. The van der Waals surface area contributed by atoms with Crippen LogP contribution >= 0.6 is 0 Å². The lowest BCUT2D eigenvalue weighted by Gasteiger charge is -2.35. The summed E-state index contributed by atoms with van der Waals surface area (Å²) in [6, 6.07) is 10.3. The van der Waals surface area contributed by atoms with E-state index in [2.05, 4.69) is 10.2 Å². The van der Waals surface area contributed by atoms with Crippen LogP contribution in [0.2, 0.25) is 0 Å². The second-order valence-electron chi connectivity index (χ2n) is 8.39. The van der Waals surface area contributed by atoms with Gasteiger partial charge >= 0.3 is 0 Å². The van der Waals surface area contributed by atoms with Gasteiger partial charge in [-0.15, -0.1) is 0 Å². The molecule has 0 bridgehead atoms. The molecule has 2 aliphatic rings. The summed E-state index contributed by atoms with van der Waals surface area (Å²) in [7, 11) is 0. The minimum atomic E-state index is -1.25. The number of aryl methyl sites for hydroxylation is 1. The van der Waals surface area contributed by atoms with Crippen molar-refractivity contribution in [3.63, 3.8) is 0 Å². The lowest BCUT2D eigenvalue weighted by atomic mass is 10.00. The van der Waals surface area contributed by atoms with E-state index in [0.29, 0.717) is 44.4 Å². The molecule has 2 aromatic carbocycles. The Morgan fingerprint density at radius 2 is 2.03 bits per heavy atom. The number of nitrogens with zero attached hydrogens (tertiary/aromatic N) is 3. The zero-order chi connectivity index (χ0) is 21.8. The van der Waals surface area contributed by atoms with Gasteiger partial charge in [-0.05, 0) is 24.6 Å². The normalized spacial score (nSPS) is 23.8. The van der Waals surface area contributed by atoms with E-state index in [4.69, 9.17) is 0 Å². The summed E-state index contributed by atoms with van der Waals surface area (Å²) in [4.78, 5) is 27.5. The van der Waals surface area contributed by atoms with Crippen LogP contribution in [0.3, 0.4) is 0 Å². The molecule has 2 N–H and O–H groups in total. The minimum Gasteiger partial charge on any atom is -0.381 e. The van der Waals surface area contributed by atoms with Gasteiger partial charge in [0.05, 0.1) is 16.8 Å². The molecule has 2 atom stereocenters. The molecule has 1 aromatic heterocycles. The number of carbonyl (C=O) groups is 2. The second kappa shape index (κ2) is 7.25. The standard InChI is InChI=1S/C23H23FN4O3/c1-14-16-3-2-4-17(21(16)26-25-14)15-5-6-18(19(24)11-15)22(30)28-9-7-27(8-10-28)20-12-23(20,31)13-29/h2-6,11,13,20,31H,7-10,12H2,1H3,(H,25,26). The topological polar surface area (TPSA) is 89.5 Å². The van der Waals surface area contributed by atoms with Gasteiger partial charge < -0.3 is 14.8 Å². The van der Waals surface area contributed by atoms with E-state index in [9.17, 15) is 19.1 Å². The number of aromatic amines is 1. The van der Waals surface area contributed by atoms with Gasteiger partial charge in [-0.25, -0.2) is 4.39 Å². The van der Waals surface area contributed by atoms with Crippen molar-refractivity contribution in [2.24, 2.45) is 0 Å². The number of carbonyl (C=O) groups excluding carboxylic acids is 2. The Hall–Kier alpha value is -3.10. The fourth-order valence-electron chi connectivity index (χ4n) is 4.50. The number of aliphatic hydroxyl groups is 1. The monoisotopic (exact) mass is 422 g/mol. The molecule has 31 heavy (non-hydrogen) atoms. The fourth-order valence-corrected chi connectivity index (χ4v) is 4.50. The van der Waals surface area contributed by atoms with E-state index in [1.807, 2.05) is 30.0 Å². The van der Waals surface area contributed by atoms with E-state index in [1.165, 1.54) is 12.1 Å². The first-order chi connectivity index (χ1) is 14.9. The van der Waals surface area contributed by atoms with Crippen LogP contribution < -0.4 is 0 Å². The Balaban J connectivity index is 1.32. The SMILES string of the molecule is Cc1n[nH]c2c(-c3ccc(C(=O)N4CCN(C5CC5(O)C=O)CC4)c(F)c3)cccc12. The van der Waals surface area contributed by atoms with Crippen LogP contribution in [0.1, 0.15) is 22.5 Å². The molecule has 1 amide bonds. The highest BCUT2D eigenvalue weighted by Crippen LogP contribution is 2.39. The molecule has 1 aliphatic carbocycles. The quantitative estimate of drug-likeness (QED) is 0.629. The molecular formula is C23H23FN4O3. The lowest BCUT2D eigenvalue weighted by molar-refractivity contribution is -0.117. The Labute approximate surface area is 178 Å². The fraction of sp³-hybridized carbons (Fsp3) is 0.348. The molecule has 2 unspecified atom stereocenters. The van der Waals surface area contributed by atoms with Gasteiger partial charge in [0.2, 0.25) is 0 Å². The predicted molar refractivity (Wildman–Crippen MR) is 113 cm³/mol. The third kappa shape index (κ3) is 3.32. The van der Waals surface area contributed by atoms with Crippen molar-refractivity contribution in [2.75, 3.05) is 26.2 Å². The molecular weight excluding hydrogens is 399 g/mol. The zero-order valence-corrected chi connectivity index (χ0v) is 17.1. The highest BCUT2D eigenvalue weighted by atomic mass is 19.1. The maximum Gasteiger partial charge on any atom is 0.256 e. The van der Waals surface area contributed by atoms with Crippen molar-refractivity contribution in [1.29, 1.82) is 0 Å². The van der Waals surface area contributed by atoms with E-state index in [1.54, 1.807) is 11.0 Å². The van der Waals surface area contributed by atoms with Crippen molar-refractivity contribution < 1.29 is 19.1 Å². The smallest absolute Gasteiger partial charge is 0.256 e. The summed E-state index contributed by atoms with van der Waals surface area (Å²) in [5.41, 5.74) is 2.02. The van der Waals surface area contributed by atoms with Gasteiger partial charge in [-0.3, -0.25) is 14.8 Å². The van der Waals surface area contributed by atoms with Crippen LogP contribution in [-0.4, -0.2) is 75.1 Å². The summed E-state index contributed by atoms with van der Waals surface area (Å²) in [5, 5.41) is 18.2. The van der Waals surface area contributed by atoms with E-state index < -0.39 is 11.4 Å². The third-order valence-corrected chi connectivity index (χ3v) is 6.48. The number of nitrogens with one attached hydrogen (secondary N) is 1. The van der Waals surface area contributed by atoms with Gasteiger partial charge in [0.25, 0.3) is 5.91 Å². The Morgan fingerprint density at radius 3 is 2.71 bits per heavy atom. The van der Waals surface area contributed by atoms with Crippen molar-refractivity contribution in [3.05, 3.63) is 53.5 Å². The van der Waals surface area contributed by atoms with Crippen LogP contribution in [0.25, 0.3) is 22.0 Å². The molecule has 8 heteroatoms. The summed E-state index contributed by atoms with van der Waals surface area (Å²) >= 11 is 0. The van der Waals surface area contributed by atoms with Gasteiger partial charge in [-0.1, -0.05) is 24.3 Å². The molecule has 3 aromatic rings. The highest BCUT2D eigenvalue weighted by molar-refractivity contribution is 5.97. The average molecular weight is 422 g/mol. The van der Waals surface area contributed by atoms with Gasteiger partial charge in [0, 0.05) is 49.6 Å². The molecule has 7 nitrogen and oxygen atoms in total. The van der Waals surface area contributed by atoms with E-state index >= 15 is 0 Å². The molecule has 0 spiro atoms. The number of amides is 1. The first-order valence-electron chi connectivity index (χ1n) is 10.4. The molecule has 5 rings (SSSR count). The van der Waals surface area contributed by atoms with E-state index in [0.717, 1.165) is 22.2 Å². The number of hydrogen-bond acceptors (Lipinski definition) is 5. The number of rotatable bonds is 4. The number of aldehydes is 1. The molecule has 1 saturated carbocycles. The summed E-state index contributed by atoms with van der Waals surface area (Å²) in [6.45, 7) is 3.87. The third-order valence-electron chi connectivity index (χ3n) is 6.48. The van der Waals surface area contributed by atoms with Crippen molar-refractivity contribution in [1.82, 2.24) is 20.0 Å². The van der Waals surface area contributed by atoms with Gasteiger partial charge in [0.1, 0.15) is 11.4 Å². The second-order valence-corrected chi connectivity index (χ2v) is 8.39. The average Bonchev–Trinajstić information content (AvgIpc) is 3.34. The van der Waals surface area contributed by atoms with Crippen molar-refractivity contribution in [3.8, 4) is 11.1 Å². The van der Waals surface area contributed by atoms with Crippen molar-refractivity contribution >= 4 is 23.1 Å². The van der Waals surface area contributed by atoms with E-state index in [-0.39, 0.29) is 17.5 Å². The number of aromatic nitrogens is 2. The maximum absolute atomic E-state index is 15.0. The number of benzene rings is 2. The van der Waals surface area contributed by atoms with Crippen LogP contribution in [0.4, 0.5) is 4.39 Å². The first-order valence-corrected chi connectivity index (χ1v) is 10.4. The summed E-state index contributed by atoms with van der Waals surface area (Å²) < 4.78 is 15.0. The first kappa shape index (κ1) is 19.8. The number of para-hydroxylation sites is 1. The molecule has 0 radical (unpaired) electrons. The zero-order valence-electron chi connectivity index (χ0n) is 17.1. The Kier molecular flexibility index (Phi) is 4.64. The van der Waals surface area contributed by atoms with Crippen molar-refractivity contribution in [2.45, 2.75) is 25.0 Å². The van der Waals surface area contributed by atoms with Crippen LogP contribution in [0, 0.1) is 12.7 Å². The molecule has 1 aliphatic heterocycles. The molecule has 160 valence electrons. The minimum absolute atomic E-state index is 0.0426. The van der Waals surface area contributed by atoms with Crippen LogP contribution in [0.5, 0.6) is 0 Å². The van der Waals surface area contributed by atoms with Crippen LogP contribution in [0.15, 0.2) is 36.4 Å². The number of fused-ring (bicyclic) bond motifs is 1. The summed E-state index contributed by atoms with van der Waals surface area (Å²) in [6.07, 6.45) is 1.03. The molecule has 2 heterocycles. The largest absolute Gasteiger partial charge is 0.381 e. The van der Waals surface area contributed by atoms with Gasteiger partial charge in [-0.2, -0.15) is 5.10 Å². The lowest BCUT2D eigenvalue weighted by Crippen LogP contribution is -2.51. The predicted octanol–water partition coefficient (Wildman–Crippen LogP) is 2.14. The highest BCUT2D eigenvalue weighted by Gasteiger charge is 2.56.